The number of hydrogen-bond donors (Lipinski definition) is 3. The van der Waals surface area contributed by atoms with Crippen LogP contribution in [0, 0.1) is 0 Å². The van der Waals surface area contributed by atoms with E-state index in [2.05, 4.69) is 32.9 Å². The fourth-order valence-corrected chi connectivity index (χ4v) is 3.65. The Morgan fingerprint density at radius 2 is 1.65 bits per heavy atom. The molecule has 3 N–H and O–H groups in total. The fourth-order valence-electron chi connectivity index (χ4n) is 3.65. The summed E-state index contributed by atoms with van der Waals surface area (Å²) in [5, 5.41) is 30.8. The molecule has 2 aromatic carbocycles. The Morgan fingerprint density at radius 3 is 2.35 bits per heavy atom. The molecule has 0 fully saturated rings. The second kappa shape index (κ2) is 8.93. The van der Waals surface area contributed by atoms with Crippen LogP contribution in [0.1, 0.15) is 58.6 Å². The zero-order chi connectivity index (χ0) is 22.8. The van der Waals surface area contributed by atoms with E-state index >= 15 is 0 Å². The topological polar surface area (TPSA) is 69.9 Å². The standard InChI is InChI=1S/C27H32O4/c1-17(2)7-6-8-18(3)9-10-19-13-24(29)25(30)16-22(19)20-14-23(28)21-11-12-27(4,5)31-26(21)15-20/h7,9,11-16,28-30H,6,8,10H2,1-5H3/b18-9+. The van der Waals surface area contributed by atoms with Crippen molar-refractivity contribution in [2.75, 3.05) is 0 Å². The molecule has 3 rings (SSSR count). The van der Waals surface area contributed by atoms with Crippen LogP contribution in [0.15, 0.2) is 53.6 Å². The average Bonchev–Trinajstić information content (AvgIpc) is 2.67. The number of rotatable bonds is 6. The van der Waals surface area contributed by atoms with Gasteiger partial charge in [0, 0.05) is 0 Å². The van der Waals surface area contributed by atoms with E-state index in [9.17, 15) is 15.3 Å². The first kappa shape index (κ1) is 22.5. The lowest BCUT2D eigenvalue weighted by atomic mass is 9.93. The number of aromatic hydroxyl groups is 3. The number of allylic oxidation sites excluding steroid dienone is 4. The normalized spacial score (nSPS) is 14.7. The van der Waals surface area contributed by atoms with Crippen LogP contribution in [0.5, 0.6) is 23.0 Å². The van der Waals surface area contributed by atoms with Gasteiger partial charge in [0.15, 0.2) is 11.5 Å². The third-order valence-corrected chi connectivity index (χ3v) is 5.42. The van der Waals surface area contributed by atoms with Gasteiger partial charge in [-0.25, -0.2) is 0 Å². The van der Waals surface area contributed by atoms with E-state index in [-0.39, 0.29) is 17.2 Å². The molecule has 1 heterocycles. The summed E-state index contributed by atoms with van der Waals surface area (Å²) in [7, 11) is 0. The molecule has 31 heavy (non-hydrogen) atoms. The summed E-state index contributed by atoms with van der Waals surface area (Å²) in [6.07, 6.45) is 10.7. The summed E-state index contributed by atoms with van der Waals surface area (Å²) in [4.78, 5) is 0. The van der Waals surface area contributed by atoms with Crippen LogP contribution in [0.4, 0.5) is 0 Å². The second-order valence-electron chi connectivity index (χ2n) is 9.02. The molecule has 0 saturated heterocycles. The van der Waals surface area contributed by atoms with E-state index in [1.165, 1.54) is 11.1 Å². The number of ether oxygens (including phenoxy) is 1. The molecule has 0 unspecified atom stereocenters. The van der Waals surface area contributed by atoms with Gasteiger partial charge in [-0.15, -0.1) is 0 Å². The Bertz CT molecular complexity index is 1070. The highest BCUT2D eigenvalue weighted by atomic mass is 16.5. The van der Waals surface area contributed by atoms with Gasteiger partial charge in [0.25, 0.3) is 0 Å². The van der Waals surface area contributed by atoms with Crippen molar-refractivity contribution in [2.24, 2.45) is 0 Å². The van der Waals surface area contributed by atoms with Gasteiger partial charge in [-0.3, -0.25) is 0 Å². The monoisotopic (exact) mass is 420 g/mol. The Morgan fingerprint density at radius 1 is 0.935 bits per heavy atom. The molecule has 0 spiro atoms. The quantitative estimate of drug-likeness (QED) is 0.351. The highest BCUT2D eigenvalue weighted by Crippen LogP contribution is 2.42. The van der Waals surface area contributed by atoms with Crippen LogP contribution in [0.3, 0.4) is 0 Å². The predicted octanol–water partition coefficient (Wildman–Crippen LogP) is 6.89. The van der Waals surface area contributed by atoms with Gasteiger partial charge in [-0.2, -0.15) is 0 Å². The molecule has 4 nitrogen and oxygen atoms in total. The van der Waals surface area contributed by atoms with E-state index < -0.39 is 5.60 Å². The Hall–Kier alpha value is -3.14. The molecule has 0 aromatic heterocycles. The van der Waals surface area contributed by atoms with E-state index in [1.54, 1.807) is 18.2 Å². The van der Waals surface area contributed by atoms with Crippen molar-refractivity contribution < 1.29 is 20.1 Å². The van der Waals surface area contributed by atoms with Crippen molar-refractivity contribution in [3.05, 3.63) is 64.8 Å². The van der Waals surface area contributed by atoms with Gasteiger partial charge in [-0.1, -0.05) is 23.3 Å². The number of phenolic OH excluding ortho intramolecular Hbond substituents is 3. The minimum atomic E-state index is -0.469. The van der Waals surface area contributed by atoms with Crippen LogP contribution in [0.25, 0.3) is 17.2 Å². The summed E-state index contributed by atoms with van der Waals surface area (Å²) >= 11 is 0. The zero-order valence-electron chi connectivity index (χ0n) is 19.0. The lowest BCUT2D eigenvalue weighted by molar-refractivity contribution is 0.158. The summed E-state index contributed by atoms with van der Waals surface area (Å²) < 4.78 is 6.04. The fraction of sp³-hybridized carbons (Fsp3) is 0.333. The molecule has 0 bridgehead atoms. The molecule has 0 radical (unpaired) electrons. The lowest BCUT2D eigenvalue weighted by Crippen LogP contribution is -2.27. The summed E-state index contributed by atoms with van der Waals surface area (Å²) in [5.74, 6) is 0.360. The molecule has 0 atom stereocenters. The van der Waals surface area contributed by atoms with Crippen LogP contribution in [-0.2, 0) is 6.42 Å². The van der Waals surface area contributed by atoms with Crippen molar-refractivity contribution in [3.8, 4) is 34.1 Å². The Labute approximate surface area is 184 Å². The molecule has 0 amide bonds. The van der Waals surface area contributed by atoms with Crippen molar-refractivity contribution in [1.82, 2.24) is 0 Å². The maximum absolute atomic E-state index is 10.6. The van der Waals surface area contributed by atoms with Crippen molar-refractivity contribution in [1.29, 1.82) is 0 Å². The minimum absolute atomic E-state index is 0.117. The maximum atomic E-state index is 10.6. The van der Waals surface area contributed by atoms with Crippen LogP contribution < -0.4 is 4.74 Å². The average molecular weight is 421 g/mol. The molecule has 0 saturated carbocycles. The highest BCUT2D eigenvalue weighted by Gasteiger charge is 2.24. The largest absolute Gasteiger partial charge is 0.507 e. The van der Waals surface area contributed by atoms with Crippen molar-refractivity contribution in [2.45, 2.75) is 59.5 Å². The van der Waals surface area contributed by atoms with Crippen LogP contribution in [-0.4, -0.2) is 20.9 Å². The SMILES string of the molecule is CC(C)=CCC/C(C)=C/Cc1cc(O)c(O)cc1-c1cc(O)c2c(c1)OC(C)(C)C=C2. The molecular weight excluding hydrogens is 388 g/mol. The number of benzene rings is 2. The second-order valence-corrected chi connectivity index (χ2v) is 9.02. The molecule has 4 heteroatoms. The molecule has 1 aliphatic rings. The molecular formula is C27H32O4. The van der Waals surface area contributed by atoms with Crippen molar-refractivity contribution >= 4 is 6.08 Å². The van der Waals surface area contributed by atoms with Crippen LogP contribution >= 0.6 is 0 Å². The number of phenols is 3. The molecule has 1 aliphatic heterocycles. The first-order valence-corrected chi connectivity index (χ1v) is 10.7. The number of fused-ring (bicyclic) bond motifs is 1. The minimum Gasteiger partial charge on any atom is -0.507 e. The van der Waals surface area contributed by atoms with Gasteiger partial charge < -0.3 is 20.1 Å². The van der Waals surface area contributed by atoms with E-state index in [4.69, 9.17) is 4.74 Å². The van der Waals surface area contributed by atoms with Gasteiger partial charge in [0.2, 0.25) is 0 Å². The highest BCUT2D eigenvalue weighted by molar-refractivity contribution is 5.78. The summed E-state index contributed by atoms with van der Waals surface area (Å²) in [6, 6.07) is 6.68. The lowest BCUT2D eigenvalue weighted by Gasteiger charge is -2.28. The molecule has 2 aromatic rings. The summed E-state index contributed by atoms with van der Waals surface area (Å²) in [5.41, 5.74) is 5.08. The smallest absolute Gasteiger partial charge is 0.158 e. The van der Waals surface area contributed by atoms with Gasteiger partial charge >= 0.3 is 0 Å². The first-order valence-electron chi connectivity index (χ1n) is 10.7. The van der Waals surface area contributed by atoms with Crippen LogP contribution in [0.2, 0.25) is 0 Å². The van der Waals surface area contributed by atoms with Gasteiger partial charge in [0.1, 0.15) is 17.1 Å². The maximum Gasteiger partial charge on any atom is 0.158 e. The summed E-state index contributed by atoms with van der Waals surface area (Å²) in [6.45, 7) is 10.2. The Balaban J connectivity index is 1.97. The molecule has 164 valence electrons. The van der Waals surface area contributed by atoms with E-state index in [0.29, 0.717) is 17.7 Å². The third-order valence-electron chi connectivity index (χ3n) is 5.42. The molecule has 0 aliphatic carbocycles. The number of hydrogen-bond acceptors (Lipinski definition) is 4. The predicted molar refractivity (Wildman–Crippen MR) is 127 cm³/mol. The van der Waals surface area contributed by atoms with Gasteiger partial charge in [0.05, 0.1) is 5.56 Å². The third kappa shape index (κ3) is 5.52. The first-order chi connectivity index (χ1) is 14.6. The van der Waals surface area contributed by atoms with E-state index in [1.807, 2.05) is 32.1 Å². The van der Waals surface area contributed by atoms with E-state index in [0.717, 1.165) is 29.5 Å². The Kier molecular flexibility index (Phi) is 6.49. The van der Waals surface area contributed by atoms with Gasteiger partial charge in [-0.05, 0) is 107 Å². The van der Waals surface area contributed by atoms with Crippen molar-refractivity contribution in [3.63, 3.8) is 0 Å². The zero-order valence-corrected chi connectivity index (χ0v) is 19.0.